The Morgan fingerprint density at radius 2 is 1.13 bits per heavy atom. The van der Waals surface area contributed by atoms with Crippen molar-refractivity contribution in [1.82, 2.24) is 0 Å². The van der Waals surface area contributed by atoms with Crippen LogP contribution in [0, 0.1) is 23.3 Å². The first-order valence-corrected chi connectivity index (χ1v) is 10.8. The van der Waals surface area contributed by atoms with Crippen LogP contribution in [-0.4, -0.2) is 22.2 Å². The minimum atomic E-state index is -0.602. The molecule has 4 nitrogen and oxygen atoms in total. The molecule has 2 fully saturated rings. The van der Waals surface area contributed by atoms with Crippen molar-refractivity contribution in [3.05, 3.63) is 22.8 Å². The second-order valence-electron chi connectivity index (χ2n) is 8.97. The molecule has 0 unspecified atom stereocenters. The van der Waals surface area contributed by atoms with E-state index in [-0.39, 0.29) is 51.4 Å². The molecule has 6 heteroatoms. The second-order valence-corrected chi connectivity index (χ2v) is 8.97. The fraction of sp³-hybridized carbons (Fsp3) is 0.750. The van der Waals surface area contributed by atoms with Gasteiger partial charge < -0.3 is 10.2 Å². The van der Waals surface area contributed by atoms with E-state index < -0.39 is 11.9 Å². The smallest absolute Gasteiger partial charge is 0.306 e. The molecule has 2 saturated carbocycles. The van der Waals surface area contributed by atoms with E-state index in [4.69, 9.17) is 10.2 Å². The average Bonchev–Trinajstić information content (AvgIpc) is 2.85. The van der Waals surface area contributed by atoms with E-state index >= 15 is 0 Å². The molecule has 0 atom stereocenters. The Bertz CT molecular complexity index is 570. The molecule has 0 amide bonds. The van der Waals surface area contributed by atoms with E-state index in [1.807, 2.05) is 0 Å². The van der Waals surface area contributed by atoms with Crippen LogP contribution in [0.1, 0.15) is 98.8 Å². The van der Waals surface area contributed by atoms with Gasteiger partial charge in [0.2, 0.25) is 0 Å². The Hall–Kier alpha value is -0.576. The maximum absolute atomic E-state index is 10.4. The Balaban J connectivity index is 0. The number of rotatable bonds is 2. The molecule has 0 spiro atoms. The number of aliphatic carboxylic acids is 2. The summed E-state index contributed by atoms with van der Waals surface area (Å²) in [6.07, 6.45) is 13.9. The molecule has 0 bridgehead atoms. The zero-order chi connectivity index (χ0) is 21.3. The van der Waals surface area contributed by atoms with Crippen molar-refractivity contribution in [2.24, 2.45) is 17.3 Å². The average molecular weight is 476 g/mol. The summed E-state index contributed by atoms with van der Waals surface area (Å²) in [5.41, 5.74) is 4.39. The number of hydrogen-bond acceptors (Lipinski definition) is 2. The third kappa shape index (κ3) is 10.6. The molecule has 2 N–H and O–H groups in total. The van der Waals surface area contributed by atoms with Crippen LogP contribution in [0.3, 0.4) is 0 Å². The maximum atomic E-state index is 10.4. The third-order valence-electron chi connectivity index (χ3n) is 6.47. The summed E-state index contributed by atoms with van der Waals surface area (Å²) in [5.74, 6) is -1.26. The summed E-state index contributed by atoms with van der Waals surface area (Å²) in [6.45, 7) is 10.9. The van der Waals surface area contributed by atoms with Crippen molar-refractivity contribution in [3.63, 3.8) is 0 Å². The zero-order valence-electron chi connectivity index (χ0n) is 19.3. The Kier molecular flexibility index (Phi) is 16.1. The number of hydrogen-bond donors (Lipinski definition) is 2. The number of allylic oxidation sites excluding steroid dienone is 4. The molecular formula is C24H40ClO4Ti-. The summed E-state index contributed by atoms with van der Waals surface area (Å²) >= 11 is 0. The van der Waals surface area contributed by atoms with Crippen molar-refractivity contribution in [3.8, 4) is 0 Å². The van der Waals surface area contributed by atoms with Crippen LogP contribution in [0.5, 0.6) is 0 Å². The van der Waals surface area contributed by atoms with Crippen LogP contribution in [0.25, 0.3) is 0 Å². The van der Waals surface area contributed by atoms with Gasteiger partial charge in [0, 0.05) is 21.7 Å². The first kappa shape index (κ1) is 31.6. The third-order valence-corrected chi connectivity index (χ3v) is 6.47. The summed E-state index contributed by atoms with van der Waals surface area (Å²) in [4.78, 5) is 20.7. The van der Waals surface area contributed by atoms with Gasteiger partial charge in [0.25, 0.3) is 0 Å². The number of carboxylic acid groups (broad SMARTS) is 2. The molecule has 0 aromatic heterocycles. The summed E-state index contributed by atoms with van der Waals surface area (Å²) in [6, 6.07) is 0. The number of carbonyl (C=O) groups is 2. The molecule has 0 aromatic carbocycles. The van der Waals surface area contributed by atoms with E-state index in [9.17, 15) is 9.59 Å². The molecule has 3 aliphatic carbocycles. The van der Waals surface area contributed by atoms with Crippen molar-refractivity contribution in [1.29, 1.82) is 0 Å². The number of halogens is 1. The predicted octanol–water partition coefficient (Wildman–Crippen LogP) is 6.83. The summed E-state index contributed by atoms with van der Waals surface area (Å²) < 4.78 is 0. The summed E-state index contributed by atoms with van der Waals surface area (Å²) in [7, 11) is 0. The van der Waals surface area contributed by atoms with Crippen molar-refractivity contribution in [2.45, 2.75) is 98.8 Å². The van der Waals surface area contributed by atoms with Crippen molar-refractivity contribution in [2.75, 3.05) is 0 Å². The van der Waals surface area contributed by atoms with Gasteiger partial charge in [-0.2, -0.15) is 11.1 Å². The molecule has 3 rings (SSSR count). The van der Waals surface area contributed by atoms with Gasteiger partial charge in [0.05, 0.1) is 11.8 Å². The standard InChI is InChI=1S/C10H15.2C7H12O2.ClH.Ti/c1-7-6-10(4,5)9(3)8(7)2;2*8-7(9)6-4-2-1-3-5-6;;/h1-5H3;2*6H,1-5H2,(H,8,9);1H;/q-1;;;;. The van der Waals surface area contributed by atoms with Gasteiger partial charge in [-0.25, -0.2) is 5.57 Å². The first-order valence-electron chi connectivity index (χ1n) is 10.8. The van der Waals surface area contributed by atoms with E-state index in [0.29, 0.717) is 0 Å². The van der Waals surface area contributed by atoms with Gasteiger partial charge in [0.1, 0.15) is 0 Å². The molecule has 0 aromatic rings. The molecule has 0 saturated heterocycles. The van der Waals surface area contributed by atoms with E-state index in [1.165, 1.54) is 29.6 Å². The van der Waals surface area contributed by atoms with Gasteiger partial charge in [-0.3, -0.25) is 15.7 Å². The van der Waals surface area contributed by atoms with E-state index in [2.05, 4.69) is 40.7 Å². The topological polar surface area (TPSA) is 74.6 Å². The van der Waals surface area contributed by atoms with Gasteiger partial charge in [-0.05, 0) is 25.7 Å². The molecule has 0 radical (unpaired) electrons. The van der Waals surface area contributed by atoms with Crippen molar-refractivity contribution >= 4 is 24.3 Å². The molecule has 3 aliphatic rings. The molecular weight excluding hydrogens is 436 g/mol. The minimum Gasteiger partial charge on any atom is -0.481 e. The van der Waals surface area contributed by atoms with Crippen LogP contribution < -0.4 is 0 Å². The molecule has 0 aliphatic heterocycles. The first-order chi connectivity index (χ1) is 13.1. The zero-order valence-corrected chi connectivity index (χ0v) is 21.7. The normalized spacial score (nSPS) is 20.9. The van der Waals surface area contributed by atoms with Gasteiger partial charge in [0.15, 0.2) is 0 Å². The monoisotopic (exact) mass is 475 g/mol. The summed E-state index contributed by atoms with van der Waals surface area (Å²) in [5, 5.41) is 17.1. The van der Waals surface area contributed by atoms with Gasteiger partial charge in [-0.1, -0.05) is 71.6 Å². The van der Waals surface area contributed by atoms with Crippen LogP contribution in [0.15, 0.2) is 16.7 Å². The fourth-order valence-electron chi connectivity index (χ4n) is 4.11. The van der Waals surface area contributed by atoms with E-state index in [0.717, 1.165) is 51.4 Å². The van der Waals surface area contributed by atoms with Crippen molar-refractivity contribution < 1.29 is 41.5 Å². The molecule has 172 valence electrons. The van der Waals surface area contributed by atoms with E-state index in [1.54, 1.807) is 0 Å². The van der Waals surface area contributed by atoms with Crippen LogP contribution in [0.2, 0.25) is 0 Å². The molecule has 0 heterocycles. The van der Waals surface area contributed by atoms with Crippen LogP contribution in [-0.2, 0) is 31.3 Å². The molecule has 30 heavy (non-hydrogen) atoms. The number of carboxylic acids is 2. The minimum absolute atomic E-state index is 0. The Labute approximate surface area is 204 Å². The van der Waals surface area contributed by atoms with Crippen LogP contribution >= 0.6 is 12.4 Å². The van der Waals surface area contributed by atoms with Gasteiger partial charge in [-0.15, -0.1) is 19.3 Å². The van der Waals surface area contributed by atoms with Crippen LogP contribution in [0.4, 0.5) is 0 Å². The predicted molar refractivity (Wildman–Crippen MR) is 120 cm³/mol. The van der Waals surface area contributed by atoms with Gasteiger partial charge >= 0.3 is 11.9 Å². The second kappa shape index (κ2) is 15.3. The largest absolute Gasteiger partial charge is 0.481 e. The SMILES string of the molecule is CC1=[C-]C(C)(C)C(C)=C1C.Cl.O=C(O)C1CCCCC1.O=C(O)C1CCCCC1.[Ti]. The quantitative estimate of drug-likeness (QED) is 0.339. The Morgan fingerprint density at radius 3 is 1.27 bits per heavy atom. The fourth-order valence-corrected chi connectivity index (χ4v) is 4.11. The Morgan fingerprint density at radius 1 is 0.800 bits per heavy atom. The maximum Gasteiger partial charge on any atom is 0.306 e.